The Balaban J connectivity index is 3.44. The molecule has 4 N–H and O–H groups in total. The van der Waals surface area contributed by atoms with Crippen LogP contribution in [0.5, 0.6) is 0 Å². The van der Waals surface area contributed by atoms with Gasteiger partial charge in [0.15, 0.2) is 0 Å². The van der Waals surface area contributed by atoms with Gasteiger partial charge < -0.3 is 20.6 Å². The summed E-state index contributed by atoms with van der Waals surface area (Å²) in [5.74, 6) is -0.467. The molecule has 0 aliphatic rings. The van der Waals surface area contributed by atoms with Gasteiger partial charge >= 0.3 is 0 Å². The Kier molecular flexibility index (Phi) is 53.4. The maximum Gasteiger partial charge on any atom is 0.249 e. The number of allylic oxidation sites excluding steroid dienone is 4. The lowest BCUT2D eigenvalue weighted by Crippen LogP contribution is -2.49. The van der Waals surface area contributed by atoms with Gasteiger partial charge in [0, 0.05) is 0 Å². The number of aliphatic hydroxyl groups is 3. The molecule has 0 heterocycles. The van der Waals surface area contributed by atoms with Crippen molar-refractivity contribution in [3.8, 4) is 0 Å². The van der Waals surface area contributed by atoms with Crippen molar-refractivity contribution in [2.75, 3.05) is 6.61 Å². The minimum atomic E-state index is -1.07. The van der Waals surface area contributed by atoms with Crippen LogP contribution in [0.1, 0.15) is 322 Å². The molecule has 64 heavy (non-hydrogen) atoms. The van der Waals surface area contributed by atoms with E-state index >= 15 is 0 Å². The summed E-state index contributed by atoms with van der Waals surface area (Å²) < 4.78 is 0. The lowest BCUT2D eigenvalue weighted by Gasteiger charge is -2.23. The second-order valence-corrected chi connectivity index (χ2v) is 20.2. The zero-order chi connectivity index (χ0) is 46.5. The molecule has 5 heteroatoms. The summed E-state index contributed by atoms with van der Waals surface area (Å²) in [5.41, 5.74) is 0. The number of nitrogens with one attached hydrogen (secondary N) is 1. The van der Waals surface area contributed by atoms with E-state index in [4.69, 9.17) is 0 Å². The second-order valence-electron chi connectivity index (χ2n) is 20.2. The van der Waals surface area contributed by atoms with Gasteiger partial charge in [0.05, 0.1) is 18.8 Å². The lowest BCUT2D eigenvalue weighted by atomic mass is 10.0. The molecule has 0 bridgehead atoms. The molecule has 0 aliphatic heterocycles. The Morgan fingerprint density at radius 2 is 0.641 bits per heavy atom. The highest BCUT2D eigenvalue weighted by atomic mass is 16.3. The van der Waals surface area contributed by atoms with Crippen LogP contribution in [0.4, 0.5) is 0 Å². The summed E-state index contributed by atoms with van der Waals surface area (Å²) in [5, 5.41) is 33.4. The van der Waals surface area contributed by atoms with Gasteiger partial charge in [-0.3, -0.25) is 4.79 Å². The minimum absolute atomic E-state index is 0.311. The summed E-state index contributed by atoms with van der Waals surface area (Å²) in [4.78, 5) is 12.5. The van der Waals surface area contributed by atoms with Gasteiger partial charge in [0.2, 0.25) is 5.91 Å². The fraction of sp³-hybridized carbons (Fsp3) is 0.915. The first kappa shape index (κ1) is 62.8. The van der Waals surface area contributed by atoms with Gasteiger partial charge in [-0.2, -0.15) is 0 Å². The summed E-state index contributed by atoms with van der Waals surface area (Å²) in [7, 11) is 0. The molecule has 0 spiro atoms. The topological polar surface area (TPSA) is 89.8 Å². The summed E-state index contributed by atoms with van der Waals surface area (Å²) in [6, 6.07) is -0.709. The predicted molar refractivity (Wildman–Crippen MR) is 282 cm³/mol. The van der Waals surface area contributed by atoms with Crippen LogP contribution >= 0.6 is 0 Å². The van der Waals surface area contributed by atoms with E-state index in [1.165, 1.54) is 257 Å². The highest BCUT2D eigenvalue weighted by molar-refractivity contribution is 5.80. The van der Waals surface area contributed by atoms with Crippen molar-refractivity contribution < 1.29 is 20.1 Å². The molecule has 3 unspecified atom stereocenters. The number of rotatable bonds is 54. The minimum Gasteiger partial charge on any atom is -0.394 e. The van der Waals surface area contributed by atoms with Crippen molar-refractivity contribution in [2.45, 2.75) is 340 Å². The van der Waals surface area contributed by atoms with Crippen molar-refractivity contribution in [2.24, 2.45) is 0 Å². The van der Waals surface area contributed by atoms with Crippen LogP contribution in [0.2, 0.25) is 0 Å². The Morgan fingerprint density at radius 1 is 0.375 bits per heavy atom. The molecule has 0 rings (SSSR count). The molecule has 0 fully saturated rings. The first-order valence-corrected chi connectivity index (χ1v) is 29.1. The Hall–Kier alpha value is -1.17. The third kappa shape index (κ3) is 48.8. The van der Waals surface area contributed by atoms with Gasteiger partial charge in [0.25, 0.3) is 0 Å². The summed E-state index contributed by atoms with van der Waals surface area (Å²) in [6.07, 6.45) is 69.7. The van der Waals surface area contributed by atoms with Crippen LogP contribution in [-0.2, 0) is 4.79 Å². The molecule has 0 aromatic heterocycles. The van der Waals surface area contributed by atoms with Crippen LogP contribution in [0.25, 0.3) is 0 Å². The molecule has 3 atom stereocenters. The number of hydrogen-bond acceptors (Lipinski definition) is 4. The maximum absolute atomic E-state index is 12.5. The number of carbonyl (C=O) groups is 1. The van der Waals surface area contributed by atoms with E-state index in [1.54, 1.807) is 0 Å². The summed E-state index contributed by atoms with van der Waals surface area (Å²) >= 11 is 0. The van der Waals surface area contributed by atoms with Crippen molar-refractivity contribution in [1.29, 1.82) is 0 Å². The average molecular weight is 903 g/mol. The van der Waals surface area contributed by atoms with Crippen molar-refractivity contribution in [1.82, 2.24) is 5.32 Å². The number of unbranched alkanes of at least 4 members (excludes halogenated alkanes) is 42. The standard InChI is InChI=1S/C59H115NO4/c1-3-5-7-9-11-13-15-17-18-19-20-21-22-23-24-25-26-27-28-29-30-31-32-33-34-35-36-37-38-39-40-41-42-44-46-48-50-52-54-58(63)59(64)60-56(55-61)57(62)53-51-49-47-45-43-16-14-12-10-8-6-4-2/h26-27,29-30,56-58,61-63H,3-25,28,31-55H2,1-2H3,(H,60,64)/b27-26-,30-29-. The number of carbonyl (C=O) groups excluding carboxylic acids is 1. The van der Waals surface area contributed by atoms with Crippen LogP contribution < -0.4 is 5.32 Å². The third-order valence-corrected chi connectivity index (χ3v) is 13.8. The molecule has 1 amide bonds. The molecule has 0 radical (unpaired) electrons. The van der Waals surface area contributed by atoms with E-state index in [-0.39, 0.29) is 6.61 Å². The zero-order valence-corrected chi connectivity index (χ0v) is 43.4. The number of hydrogen-bond donors (Lipinski definition) is 4. The Labute approximate surface area is 401 Å². The Morgan fingerprint density at radius 3 is 0.938 bits per heavy atom. The average Bonchev–Trinajstić information content (AvgIpc) is 3.30. The van der Waals surface area contributed by atoms with Crippen LogP contribution in [0.15, 0.2) is 24.3 Å². The smallest absolute Gasteiger partial charge is 0.249 e. The van der Waals surface area contributed by atoms with Gasteiger partial charge in [-0.25, -0.2) is 0 Å². The monoisotopic (exact) mass is 902 g/mol. The molecule has 0 saturated heterocycles. The van der Waals surface area contributed by atoms with Crippen LogP contribution in [-0.4, -0.2) is 46.1 Å². The van der Waals surface area contributed by atoms with E-state index in [0.717, 1.165) is 38.5 Å². The predicted octanol–water partition coefficient (Wildman–Crippen LogP) is 18.1. The normalized spacial score (nSPS) is 13.4. The zero-order valence-electron chi connectivity index (χ0n) is 43.4. The molecule has 5 nitrogen and oxygen atoms in total. The number of aliphatic hydroxyl groups excluding tert-OH is 3. The largest absolute Gasteiger partial charge is 0.394 e. The molecule has 0 aliphatic carbocycles. The maximum atomic E-state index is 12.5. The molecule has 0 aromatic rings. The van der Waals surface area contributed by atoms with Crippen molar-refractivity contribution in [3.05, 3.63) is 24.3 Å². The molecular formula is C59H115NO4. The van der Waals surface area contributed by atoms with Crippen LogP contribution in [0.3, 0.4) is 0 Å². The number of amides is 1. The molecule has 0 aromatic carbocycles. The van der Waals surface area contributed by atoms with Crippen molar-refractivity contribution in [3.63, 3.8) is 0 Å². The van der Waals surface area contributed by atoms with E-state index in [1.807, 2.05) is 0 Å². The molecule has 0 saturated carbocycles. The van der Waals surface area contributed by atoms with Gasteiger partial charge in [-0.1, -0.05) is 301 Å². The Bertz CT molecular complexity index is 951. The lowest BCUT2D eigenvalue weighted by molar-refractivity contribution is -0.131. The van der Waals surface area contributed by atoms with Gasteiger partial charge in [-0.15, -0.1) is 0 Å². The van der Waals surface area contributed by atoms with E-state index < -0.39 is 24.2 Å². The van der Waals surface area contributed by atoms with E-state index in [2.05, 4.69) is 43.5 Å². The van der Waals surface area contributed by atoms with Crippen molar-refractivity contribution >= 4 is 5.91 Å². The third-order valence-electron chi connectivity index (χ3n) is 13.8. The highest BCUT2D eigenvalue weighted by Gasteiger charge is 2.23. The second kappa shape index (κ2) is 54.4. The van der Waals surface area contributed by atoms with Crippen LogP contribution in [0, 0.1) is 0 Å². The van der Waals surface area contributed by atoms with E-state index in [9.17, 15) is 20.1 Å². The quantitative estimate of drug-likeness (QED) is 0.0362. The SMILES string of the molecule is CCCCCCCCCCCCCCCCC/C=C\C/C=C\CCCCCCCCCCCCCCCCCCC(O)C(=O)NC(CO)C(O)CCCCCCCCCCCCCC. The highest BCUT2D eigenvalue weighted by Crippen LogP contribution is 2.18. The first-order chi connectivity index (χ1) is 31.6. The first-order valence-electron chi connectivity index (χ1n) is 29.1. The van der Waals surface area contributed by atoms with Gasteiger partial charge in [0.1, 0.15) is 6.10 Å². The van der Waals surface area contributed by atoms with Gasteiger partial charge in [-0.05, 0) is 44.9 Å². The molecule has 380 valence electrons. The fourth-order valence-electron chi connectivity index (χ4n) is 9.28. The molecular weight excluding hydrogens is 787 g/mol. The van der Waals surface area contributed by atoms with E-state index in [0.29, 0.717) is 12.8 Å². The summed E-state index contributed by atoms with van der Waals surface area (Å²) in [6.45, 7) is 4.25. The fourth-order valence-corrected chi connectivity index (χ4v) is 9.28.